The van der Waals surface area contributed by atoms with Crippen LogP contribution in [-0.4, -0.2) is 35.9 Å². The highest BCUT2D eigenvalue weighted by molar-refractivity contribution is 6.35. The number of halogens is 2. The number of nitrogens with zero attached hydrogens (tertiary/aromatic N) is 6. The summed E-state index contributed by atoms with van der Waals surface area (Å²) in [6.07, 6.45) is 3.40. The van der Waals surface area contributed by atoms with E-state index >= 15 is 0 Å². The first kappa shape index (κ1) is 20.4. The van der Waals surface area contributed by atoms with Gasteiger partial charge in [-0.1, -0.05) is 11.6 Å². The molecule has 4 aromatic heterocycles. The molecule has 0 amide bonds. The van der Waals surface area contributed by atoms with Gasteiger partial charge in [0.15, 0.2) is 0 Å². The van der Waals surface area contributed by atoms with Crippen LogP contribution in [0.4, 0.5) is 5.69 Å². The van der Waals surface area contributed by atoms with Gasteiger partial charge in [-0.2, -0.15) is 4.98 Å². The second kappa shape index (κ2) is 7.77. The van der Waals surface area contributed by atoms with Crippen molar-refractivity contribution in [3.63, 3.8) is 0 Å². The van der Waals surface area contributed by atoms with E-state index in [-0.39, 0.29) is 11.3 Å². The van der Waals surface area contributed by atoms with E-state index in [0.29, 0.717) is 28.8 Å². The standard InChI is InChI=1S/C20H21Cl2N7O/c1-10-5-6-16(12(3)25-10)29-13(4)17(23)19(27-29)30-9-11(2)28-8-15(21)14-7-24-20(22)26-18(14)28/h5-8,11H,9,23H2,1-4H3. The van der Waals surface area contributed by atoms with Crippen molar-refractivity contribution in [1.29, 1.82) is 0 Å². The maximum Gasteiger partial charge on any atom is 0.257 e. The van der Waals surface area contributed by atoms with Crippen molar-refractivity contribution in [2.24, 2.45) is 0 Å². The molecule has 0 bridgehead atoms. The Morgan fingerprint density at radius 2 is 1.93 bits per heavy atom. The summed E-state index contributed by atoms with van der Waals surface area (Å²) in [6.45, 7) is 8.09. The maximum atomic E-state index is 6.31. The lowest BCUT2D eigenvalue weighted by Crippen LogP contribution is -2.14. The van der Waals surface area contributed by atoms with Gasteiger partial charge in [0.1, 0.15) is 17.9 Å². The molecule has 10 heteroatoms. The number of aromatic nitrogens is 6. The minimum absolute atomic E-state index is 0.0985. The third-order valence-electron chi connectivity index (χ3n) is 4.98. The van der Waals surface area contributed by atoms with Crippen LogP contribution in [0.5, 0.6) is 5.88 Å². The van der Waals surface area contributed by atoms with Crippen LogP contribution in [0.15, 0.2) is 24.5 Å². The molecule has 0 aliphatic heterocycles. The van der Waals surface area contributed by atoms with Crippen molar-refractivity contribution >= 4 is 39.9 Å². The number of anilines is 1. The summed E-state index contributed by atoms with van der Waals surface area (Å²) >= 11 is 12.3. The van der Waals surface area contributed by atoms with Gasteiger partial charge in [-0.3, -0.25) is 4.98 Å². The molecule has 0 saturated carbocycles. The van der Waals surface area contributed by atoms with Crippen LogP contribution in [-0.2, 0) is 0 Å². The number of ether oxygens (including phenoxy) is 1. The van der Waals surface area contributed by atoms with Gasteiger partial charge in [-0.15, -0.1) is 5.10 Å². The fraction of sp³-hybridized carbons (Fsp3) is 0.300. The van der Waals surface area contributed by atoms with Crippen LogP contribution in [0.3, 0.4) is 0 Å². The Morgan fingerprint density at radius 3 is 2.67 bits per heavy atom. The monoisotopic (exact) mass is 445 g/mol. The molecule has 0 saturated heterocycles. The van der Waals surface area contributed by atoms with Crippen LogP contribution < -0.4 is 10.5 Å². The van der Waals surface area contributed by atoms with Crippen molar-refractivity contribution in [3.05, 3.63) is 51.9 Å². The molecule has 8 nitrogen and oxygen atoms in total. The third-order valence-corrected chi connectivity index (χ3v) is 5.47. The molecule has 0 aliphatic rings. The average Bonchev–Trinajstić information content (AvgIpc) is 3.17. The summed E-state index contributed by atoms with van der Waals surface area (Å²) in [5.41, 5.74) is 10.9. The van der Waals surface area contributed by atoms with Crippen molar-refractivity contribution in [2.45, 2.75) is 33.7 Å². The third kappa shape index (κ3) is 3.57. The molecule has 1 unspecified atom stereocenters. The number of rotatable bonds is 5. The molecule has 156 valence electrons. The highest BCUT2D eigenvalue weighted by atomic mass is 35.5. The first-order chi connectivity index (χ1) is 14.3. The topological polar surface area (TPSA) is 96.7 Å². The number of pyridine rings is 1. The predicted molar refractivity (Wildman–Crippen MR) is 118 cm³/mol. The summed E-state index contributed by atoms with van der Waals surface area (Å²) in [7, 11) is 0. The molecule has 0 aromatic carbocycles. The van der Waals surface area contributed by atoms with E-state index in [2.05, 4.69) is 20.1 Å². The fourth-order valence-corrected chi connectivity index (χ4v) is 3.69. The van der Waals surface area contributed by atoms with Gasteiger partial charge in [0.05, 0.1) is 33.5 Å². The Labute approximate surface area is 183 Å². The molecule has 4 rings (SSSR count). The van der Waals surface area contributed by atoms with E-state index in [4.69, 9.17) is 33.7 Å². The number of nitrogen functional groups attached to an aromatic ring is 1. The molecule has 0 spiro atoms. The van der Waals surface area contributed by atoms with Gasteiger partial charge in [0.25, 0.3) is 5.88 Å². The van der Waals surface area contributed by atoms with Crippen LogP contribution in [0, 0.1) is 20.8 Å². The Morgan fingerprint density at radius 1 is 1.17 bits per heavy atom. The second-order valence-electron chi connectivity index (χ2n) is 7.19. The lowest BCUT2D eigenvalue weighted by Gasteiger charge is -2.15. The van der Waals surface area contributed by atoms with E-state index in [1.807, 2.05) is 44.4 Å². The predicted octanol–water partition coefficient (Wildman–Crippen LogP) is 4.47. The Kier molecular flexibility index (Phi) is 5.29. The van der Waals surface area contributed by atoms with Gasteiger partial charge in [0.2, 0.25) is 5.28 Å². The minimum Gasteiger partial charge on any atom is -0.473 e. The molecule has 4 aromatic rings. The van der Waals surface area contributed by atoms with Gasteiger partial charge >= 0.3 is 0 Å². The van der Waals surface area contributed by atoms with E-state index in [1.54, 1.807) is 17.1 Å². The summed E-state index contributed by atoms with van der Waals surface area (Å²) in [5, 5.41) is 6.01. The van der Waals surface area contributed by atoms with Crippen molar-refractivity contribution < 1.29 is 4.74 Å². The zero-order chi connectivity index (χ0) is 21.6. The second-order valence-corrected chi connectivity index (χ2v) is 7.94. The molecule has 0 radical (unpaired) electrons. The Hall–Kier alpha value is -2.84. The lowest BCUT2D eigenvalue weighted by atomic mass is 10.2. The summed E-state index contributed by atoms with van der Waals surface area (Å²) in [5.74, 6) is 0.370. The molecular weight excluding hydrogens is 425 g/mol. The van der Waals surface area contributed by atoms with E-state index < -0.39 is 0 Å². The maximum absolute atomic E-state index is 6.31. The molecule has 0 aliphatic carbocycles. The molecule has 2 N–H and O–H groups in total. The van der Waals surface area contributed by atoms with Crippen molar-refractivity contribution in [1.82, 2.24) is 29.3 Å². The minimum atomic E-state index is -0.0985. The SMILES string of the molecule is Cc1ccc(-n2nc(OCC(C)n3cc(Cl)c4cnc(Cl)nc43)c(N)c2C)c(C)n1. The Bertz CT molecular complexity index is 1250. The molecular formula is C20H21Cl2N7O. The fourth-order valence-electron chi connectivity index (χ4n) is 3.32. The Balaban J connectivity index is 1.59. The summed E-state index contributed by atoms with van der Waals surface area (Å²) in [6, 6.07) is 3.82. The summed E-state index contributed by atoms with van der Waals surface area (Å²) < 4.78 is 9.63. The van der Waals surface area contributed by atoms with Gasteiger partial charge in [-0.25, -0.2) is 9.67 Å². The van der Waals surface area contributed by atoms with E-state index in [0.717, 1.165) is 28.2 Å². The smallest absolute Gasteiger partial charge is 0.257 e. The highest BCUT2D eigenvalue weighted by Crippen LogP contribution is 2.30. The van der Waals surface area contributed by atoms with Crippen molar-refractivity contribution in [2.75, 3.05) is 12.3 Å². The van der Waals surface area contributed by atoms with Gasteiger partial charge < -0.3 is 15.0 Å². The van der Waals surface area contributed by atoms with Crippen LogP contribution in [0.25, 0.3) is 16.7 Å². The van der Waals surface area contributed by atoms with Gasteiger partial charge in [0, 0.05) is 18.1 Å². The quantitative estimate of drug-likeness (QED) is 0.455. The average molecular weight is 446 g/mol. The number of nitrogens with two attached hydrogens (primary N) is 1. The molecule has 0 fully saturated rings. The molecule has 4 heterocycles. The molecule has 30 heavy (non-hydrogen) atoms. The number of hydrogen-bond donors (Lipinski definition) is 1. The van der Waals surface area contributed by atoms with E-state index in [9.17, 15) is 0 Å². The van der Waals surface area contributed by atoms with Crippen LogP contribution in [0.2, 0.25) is 10.3 Å². The van der Waals surface area contributed by atoms with Gasteiger partial charge in [-0.05, 0) is 51.4 Å². The number of hydrogen-bond acceptors (Lipinski definition) is 6. The highest BCUT2D eigenvalue weighted by Gasteiger charge is 2.19. The largest absolute Gasteiger partial charge is 0.473 e. The zero-order valence-corrected chi connectivity index (χ0v) is 18.5. The van der Waals surface area contributed by atoms with Crippen LogP contribution in [0.1, 0.15) is 30.0 Å². The normalized spacial score (nSPS) is 12.5. The first-order valence-corrected chi connectivity index (χ1v) is 10.1. The zero-order valence-electron chi connectivity index (χ0n) is 17.0. The van der Waals surface area contributed by atoms with Crippen LogP contribution >= 0.6 is 23.2 Å². The lowest BCUT2D eigenvalue weighted by molar-refractivity contribution is 0.254. The van der Waals surface area contributed by atoms with Crippen molar-refractivity contribution in [3.8, 4) is 11.6 Å². The molecule has 1 atom stereocenters. The number of fused-ring (bicyclic) bond motifs is 1. The van der Waals surface area contributed by atoms with E-state index in [1.165, 1.54) is 0 Å². The first-order valence-electron chi connectivity index (χ1n) is 9.37. The summed E-state index contributed by atoms with van der Waals surface area (Å²) in [4.78, 5) is 12.8. The number of aryl methyl sites for hydroxylation is 2.